The minimum absolute atomic E-state index is 0.0585. The minimum Gasteiger partial charge on any atom is -0.349 e. The van der Waals surface area contributed by atoms with E-state index >= 15 is 0 Å². The fraction of sp³-hybridized carbons (Fsp3) is 0.381. The van der Waals surface area contributed by atoms with Gasteiger partial charge in [0.1, 0.15) is 5.82 Å². The number of carbonyl (C=O) groups is 1. The molecule has 0 saturated carbocycles. The first kappa shape index (κ1) is 20.8. The lowest BCUT2D eigenvalue weighted by molar-refractivity contribution is -0.119. The molecule has 0 heterocycles. The van der Waals surface area contributed by atoms with Crippen molar-refractivity contribution < 1.29 is 9.18 Å². The smallest absolute Gasteiger partial charge is 0.230 e. The molecule has 2 aromatic rings. The number of thioether (sulfide) groups is 1. The van der Waals surface area contributed by atoms with Gasteiger partial charge in [-0.05, 0) is 41.2 Å². The molecule has 0 aromatic heterocycles. The van der Waals surface area contributed by atoms with Gasteiger partial charge in [-0.3, -0.25) is 4.79 Å². The first-order valence-electron chi connectivity index (χ1n) is 8.58. The van der Waals surface area contributed by atoms with Crippen LogP contribution in [0.2, 0.25) is 5.02 Å². The van der Waals surface area contributed by atoms with Crippen molar-refractivity contribution in [3.63, 3.8) is 0 Å². The first-order valence-corrected chi connectivity index (χ1v) is 10.1. The van der Waals surface area contributed by atoms with Crippen molar-refractivity contribution in [2.24, 2.45) is 0 Å². The largest absolute Gasteiger partial charge is 0.349 e. The van der Waals surface area contributed by atoms with Crippen LogP contribution in [0, 0.1) is 5.82 Å². The standard InChI is InChI=1S/C21H25ClFNOS/c1-14(15-5-8-17(9-6-15)21(2,3)4)24-20(25)13-26-12-16-7-10-18(22)11-19(16)23/h5-11,14H,12-13H2,1-4H3,(H,24,25). The molecular formula is C21H25ClFNOS. The SMILES string of the molecule is CC(NC(=O)CSCc1ccc(Cl)cc1F)c1ccc(C(C)(C)C)cc1. The molecule has 0 saturated heterocycles. The van der Waals surface area contributed by atoms with E-state index in [4.69, 9.17) is 11.6 Å². The van der Waals surface area contributed by atoms with Gasteiger partial charge in [-0.25, -0.2) is 4.39 Å². The Labute approximate surface area is 164 Å². The fourth-order valence-electron chi connectivity index (χ4n) is 2.53. The van der Waals surface area contributed by atoms with Crippen LogP contribution < -0.4 is 5.32 Å². The summed E-state index contributed by atoms with van der Waals surface area (Å²) in [6.45, 7) is 8.49. The Bertz CT molecular complexity index is 756. The summed E-state index contributed by atoms with van der Waals surface area (Å²) in [6, 6.07) is 12.9. The number of benzene rings is 2. The Balaban J connectivity index is 1.83. The second kappa shape index (κ2) is 8.92. The molecule has 0 spiro atoms. The lowest BCUT2D eigenvalue weighted by Gasteiger charge is -2.20. The molecule has 1 unspecified atom stereocenters. The van der Waals surface area contributed by atoms with Gasteiger partial charge in [-0.2, -0.15) is 0 Å². The Morgan fingerprint density at radius 3 is 2.42 bits per heavy atom. The summed E-state index contributed by atoms with van der Waals surface area (Å²) in [6.07, 6.45) is 0. The Kier molecular flexibility index (Phi) is 7.13. The van der Waals surface area contributed by atoms with Gasteiger partial charge in [-0.1, -0.05) is 62.7 Å². The van der Waals surface area contributed by atoms with Gasteiger partial charge < -0.3 is 5.32 Å². The molecule has 0 aliphatic carbocycles. The van der Waals surface area contributed by atoms with Crippen LogP contribution in [0.4, 0.5) is 4.39 Å². The van der Waals surface area contributed by atoms with Crippen LogP contribution in [0.1, 0.15) is 50.4 Å². The maximum atomic E-state index is 13.7. The summed E-state index contributed by atoms with van der Waals surface area (Å²) in [5.41, 5.74) is 3.00. The van der Waals surface area contributed by atoms with Crippen molar-refractivity contribution >= 4 is 29.3 Å². The van der Waals surface area contributed by atoms with Gasteiger partial charge in [-0.15, -0.1) is 11.8 Å². The van der Waals surface area contributed by atoms with E-state index in [-0.39, 0.29) is 28.9 Å². The van der Waals surface area contributed by atoms with Gasteiger partial charge in [0, 0.05) is 10.8 Å². The minimum atomic E-state index is -0.335. The second-order valence-electron chi connectivity index (χ2n) is 7.39. The molecule has 0 aliphatic rings. The third kappa shape index (κ3) is 6.03. The van der Waals surface area contributed by atoms with Crippen LogP contribution >= 0.6 is 23.4 Å². The number of nitrogens with one attached hydrogen (secondary N) is 1. The average Bonchev–Trinajstić information content (AvgIpc) is 2.56. The normalized spacial score (nSPS) is 12.7. The van der Waals surface area contributed by atoms with Gasteiger partial charge in [0.15, 0.2) is 0 Å². The predicted octanol–water partition coefficient (Wildman–Crippen LogP) is 5.89. The highest BCUT2D eigenvalue weighted by Gasteiger charge is 2.15. The van der Waals surface area contributed by atoms with Gasteiger partial charge in [0.05, 0.1) is 11.8 Å². The summed E-state index contributed by atoms with van der Waals surface area (Å²) >= 11 is 7.12. The van der Waals surface area contributed by atoms with Crippen molar-refractivity contribution in [2.45, 2.75) is 44.9 Å². The van der Waals surface area contributed by atoms with E-state index in [9.17, 15) is 9.18 Å². The predicted molar refractivity (Wildman–Crippen MR) is 109 cm³/mol. The van der Waals surface area contributed by atoms with Crippen LogP contribution in [0.3, 0.4) is 0 Å². The summed E-state index contributed by atoms with van der Waals surface area (Å²) in [7, 11) is 0. The van der Waals surface area contributed by atoms with Crippen molar-refractivity contribution in [3.05, 3.63) is 70.0 Å². The van der Waals surface area contributed by atoms with E-state index in [0.717, 1.165) is 5.56 Å². The molecule has 0 bridgehead atoms. The molecule has 5 heteroatoms. The molecule has 2 nitrogen and oxygen atoms in total. The van der Waals surface area contributed by atoms with Crippen LogP contribution in [0.15, 0.2) is 42.5 Å². The quantitative estimate of drug-likeness (QED) is 0.663. The van der Waals surface area contributed by atoms with Crippen LogP contribution in [0.25, 0.3) is 0 Å². The van der Waals surface area contributed by atoms with Crippen molar-refractivity contribution in [1.29, 1.82) is 0 Å². The third-order valence-electron chi connectivity index (χ3n) is 4.16. The zero-order valence-electron chi connectivity index (χ0n) is 15.6. The lowest BCUT2D eigenvalue weighted by atomic mass is 9.86. The highest BCUT2D eigenvalue weighted by atomic mass is 35.5. The molecule has 1 amide bonds. The van der Waals surface area contributed by atoms with Crippen molar-refractivity contribution in [3.8, 4) is 0 Å². The van der Waals surface area contributed by atoms with E-state index in [0.29, 0.717) is 16.3 Å². The number of rotatable bonds is 6. The zero-order valence-corrected chi connectivity index (χ0v) is 17.2. The Morgan fingerprint density at radius 1 is 1.19 bits per heavy atom. The van der Waals surface area contributed by atoms with E-state index in [1.54, 1.807) is 12.1 Å². The summed E-state index contributed by atoms with van der Waals surface area (Å²) in [4.78, 5) is 12.1. The third-order valence-corrected chi connectivity index (χ3v) is 5.38. The van der Waals surface area contributed by atoms with Crippen molar-refractivity contribution in [1.82, 2.24) is 5.32 Å². The first-order chi connectivity index (χ1) is 12.2. The monoisotopic (exact) mass is 393 g/mol. The number of hydrogen-bond acceptors (Lipinski definition) is 2. The van der Waals surface area contributed by atoms with Crippen LogP contribution in [-0.2, 0) is 16.0 Å². The fourth-order valence-corrected chi connectivity index (χ4v) is 3.51. The highest BCUT2D eigenvalue weighted by molar-refractivity contribution is 7.99. The molecule has 140 valence electrons. The lowest BCUT2D eigenvalue weighted by Crippen LogP contribution is -2.28. The van der Waals surface area contributed by atoms with Gasteiger partial charge >= 0.3 is 0 Å². The molecule has 0 radical (unpaired) electrons. The summed E-state index contributed by atoms with van der Waals surface area (Å²) in [5, 5.41) is 3.37. The van der Waals surface area contributed by atoms with E-state index < -0.39 is 0 Å². The van der Waals surface area contributed by atoms with E-state index in [2.05, 4.69) is 50.4 Å². The zero-order chi connectivity index (χ0) is 19.3. The summed E-state index contributed by atoms with van der Waals surface area (Å²) in [5.74, 6) is 0.326. The second-order valence-corrected chi connectivity index (χ2v) is 8.81. The van der Waals surface area contributed by atoms with Crippen molar-refractivity contribution in [2.75, 3.05) is 5.75 Å². The van der Waals surface area contributed by atoms with E-state index in [1.807, 2.05) is 6.92 Å². The van der Waals surface area contributed by atoms with Gasteiger partial charge in [0.25, 0.3) is 0 Å². The molecule has 2 rings (SSSR count). The molecular weight excluding hydrogens is 369 g/mol. The van der Waals surface area contributed by atoms with E-state index in [1.165, 1.54) is 23.4 Å². The number of amides is 1. The molecule has 2 aromatic carbocycles. The summed E-state index contributed by atoms with van der Waals surface area (Å²) < 4.78 is 13.7. The average molecular weight is 394 g/mol. The maximum Gasteiger partial charge on any atom is 0.230 e. The van der Waals surface area contributed by atoms with Crippen LogP contribution in [-0.4, -0.2) is 11.7 Å². The number of hydrogen-bond donors (Lipinski definition) is 1. The molecule has 0 fully saturated rings. The maximum absolute atomic E-state index is 13.7. The van der Waals surface area contributed by atoms with Crippen LogP contribution in [0.5, 0.6) is 0 Å². The molecule has 0 aliphatic heterocycles. The molecule has 1 N–H and O–H groups in total. The molecule has 26 heavy (non-hydrogen) atoms. The number of halogens is 2. The Hall–Kier alpha value is -1.52. The topological polar surface area (TPSA) is 29.1 Å². The van der Waals surface area contributed by atoms with Gasteiger partial charge in [0.2, 0.25) is 5.91 Å². The molecule has 1 atom stereocenters. The number of carbonyl (C=O) groups excluding carboxylic acids is 1. The Morgan fingerprint density at radius 2 is 1.85 bits per heavy atom. The highest BCUT2D eigenvalue weighted by Crippen LogP contribution is 2.24.